The van der Waals surface area contributed by atoms with Gasteiger partial charge in [-0.3, -0.25) is 0 Å². The number of halogens is 4. The van der Waals surface area contributed by atoms with Gasteiger partial charge in [0.2, 0.25) is 5.95 Å². The van der Waals surface area contributed by atoms with E-state index in [1.165, 1.54) is 10.7 Å². The Balaban J connectivity index is 1.83. The third-order valence-corrected chi connectivity index (χ3v) is 5.01. The van der Waals surface area contributed by atoms with Gasteiger partial charge in [-0.25, -0.2) is 0 Å². The van der Waals surface area contributed by atoms with Crippen molar-refractivity contribution in [3.63, 3.8) is 0 Å². The van der Waals surface area contributed by atoms with Crippen LogP contribution in [0.3, 0.4) is 0 Å². The molecule has 1 aromatic heterocycles. The Morgan fingerprint density at radius 2 is 1.81 bits per heavy atom. The van der Waals surface area contributed by atoms with E-state index in [4.69, 9.17) is 4.74 Å². The molecule has 0 amide bonds. The Bertz CT molecular complexity index is 1010. The van der Waals surface area contributed by atoms with Crippen LogP contribution in [-0.4, -0.2) is 26.8 Å². The summed E-state index contributed by atoms with van der Waals surface area (Å²) in [6.07, 6.45) is 1.87. The summed E-state index contributed by atoms with van der Waals surface area (Å²) in [4.78, 5) is 0. The minimum absolute atomic E-state index is 0.0629. The highest BCUT2D eigenvalue weighted by atomic mass is 79.9. The number of fused-ring (bicyclic) bond motifs is 1. The molecule has 1 aliphatic heterocycles. The molecule has 0 radical (unpaired) electrons. The molecule has 2 aromatic carbocycles. The molecule has 1 atom stereocenters. The Kier molecular flexibility index (Phi) is 4.92. The summed E-state index contributed by atoms with van der Waals surface area (Å²) in [7, 11) is 0. The second-order valence-corrected chi connectivity index (χ2v) is 7.50. The SMILES string of the molecule is FC(F)Oc1ccc(Br)cc1[C@@H]1C=C(c2ccc(Br)cc2)Nc2nnnn21. The highest BCUT2D eigenvalue weighted by molar-refractivity contribution is 9.10. The molecule has 6 nitrogen and oxygen atoms in total. The number of nitrogens with one attached hydrogen (secondary N) is 1. The fraction of sp³-hybridized carbons (Fsp3) is 0.118. The number of nitrogens with zero attached hydrogens (tertiary/aromatic N) is 4. The zero-order chi connectivity index (χ0) is 19.0. The quantitative estimate of drug-likeness (QED) is 0.556. The molecule has 0 unspecified atom stereocenters. The average molecular weight is 499 g/mol. The minimum atomic E-state index is -2.94. The maximum atomic E-state index is 12.9. The molecule has 138 valence electrons. The van der Waals surface area contributed by atoms with Crippen LogP contribution < -0.4 is 10.1 Å². The van der Waals surface area contributed by atoms with Crippen LogP contribution in [0.25, 0.3) is 5.70 Å². The van der Waals surface area contributed by atoms with Gasteiger partial charge in [-0.05, 0) is 52.4 Å². The molecule has 3 aromatic rings. The second-order valence-electron chi connectivity index (χ2n) is 5.66. The Hall–Kier alpha value is -2.33. The Labute approximate surface area is 169 Å². The Morgan fingerprint density at radius 1 is 1.07 bits per heavy atom. The van der Waals surface area contributed by atoms with Crippen LogP contribution in [0, 0.1) is 0 Å². The van der Waals surface area contributed by atoms with Gasteiger partial charge < -0.3 is 10.1 Å². The molecule has 10 heteroatoms. The third kappa shape index (κ3) is 3.72. The lowest BCUT2D eigenvalue weighted by Crippen LogP contribution is -2.21. The number of hydrogen-bond donors (Lipinski definition) is 1. The first-order valence-corrected chi connectivity index (χ1v) is 9.37. The number of ether oxygens (including phenoxy) is 1. The van der Waals surface area contributed by atoms with E-state index in [2.05, 4.69) is 52.7 Å². The molecule has 2 heterocycles. The van der Waals surface area contributed by atoms with Crippen molar-refractivity contribution in [2.45, 2.75) is 12.7 Å². The first kappa shape index (κ1) is 18.1. The first-order valence-electron chi connectivity index (χ1n) is 7.78. The lowest BCUT2D eigenvalue weighted by Gasteiger charge is -2.25. The third-order valence-electron chi connectivity index (χ3n) is 3.99. The molecular weight excluding hydrogens is 488 g/mol. The lowest BCUT2D eigenvalue weighted by atomic mass is 10.0. The van der Waals surface area contributed by atoms with Gasteiger partial charge in [-0.2, -0.15) is 13.5 Å². The van der Waals surface area contributed by atoms with E-state index in [-0.39, 0.29) is 5.75 Å². The van der Waals surface area contributed by atoms with E-state index < -0.39 is 12.7 Å². The topological polar surface area (TPSA) is 64.9 Å². The van der Waals surface area contributed by atoms with Gasteiger partial charge in [0.15, 0.2) is 0 Å². The highest BCUT2D eigenvalue weighted by Crippen LogP contribution is 2.37. The molecule has 0 saturated carbocycles. The number of aromatic nitrogens is 4. The van der Waals surface area contributed by atoms with Crippen molar-refractivity contribution >= 4 is 43.5 Å². The van der Waals surface area contributed by atoms with Crippen molar-refractivity contribution in [1.29, 1.82) is 0 Å². The monoisotopic (exact) mass is 497 g/mol. The standard InChI is InChI=1S/C17H11Br2F2N5O/c18-10-3-1-9(2-4-10)13-8-14(26-17(22-13)23-24-25-26)12-7-11(19)5-6-15(12)27-16(20)21/h1-8,14,16H,(H,22,23,25)/t14-/m0/s1. The van der Waals surface area contributed by atoms with Crippen molar-refractivity contribution < 1.29 is 13.5 Å². The van der Waals surface area contributed by atoms with Gasteiger partial charge in [-0.1, -0.05) is 49.1 Å². The van der Waals surface area contributed by atoms with Crippen LogP contribution >= 0.6 is 31.9 Å². The summed E-state index contributed by atoms with van der Waals surface area (Å²) in [6.45, 7) is -2.94. The van der Waals surface area contributed by atoms with Crippen LogP contribution in [0.2, 0.25) is 0 Å². The summed E-state index contributed by atoms with van der Waals surface area (Å²) in [5, 5.41) is 14.8. The number of allylic oxidation sites excluding steroid dienone is 1. The number of hydrogen-bond acceptors (Lipinski definition) is 5. The smallest absolute Gasteiger partial charge is 0.387 e. The predicted octanol–water partition coefficient (Wildman–Crippen LogP) is 4.86. The van der Waals surface area contributed by atoms with Gasteiger partial charge in [0, 0.05) is 20.2 Å². The first-order chi connectivity index (χ1) is 13.0. The van der Waals surface area contributed by atoms with Crippen LogP contribution in [0.4, 0.5) is 14.7 Å². The van der Waals surface area contributed by atoms with Gasteiger partial charge in [0.25, 0.3) is 0 Å². The van der Waals surface area contributed by atoms with E-state index in [1.807, 2.05) is 30.3 Å². The normalized spacial score (nSPS) is 15.9. The second kappa shape index (κ2) is 7.35. The largest absolute Gasteiger partial charge is 0.434 e. The fourth-order valence-corrected chi connectivity index (χ4v) is 3.47. The Morgan fingerprint density at radius 3 is 2.56 bits per heavy atom. The van der Waals surface area contributed by atoms with Crippen LogP contribution in [0.1, 0.15) is 17.2 Å². The van der Waals surface area contributed by atoms with E-state index in [1.54, 1.807) is 12.1 Å². The molecule has 4 rings (SSSR count). The van der Waals surface area contributed by atoms with Crippen molar-refractivity contribution in [2.75, 3.05) is 5.32 Å². The van der Waals surface area contributed by atoms with Crippen molar-refractivity contribution in [1.82, 2.24) is 20.2 Å². The maximum Gasteiger partial charge on any atom is 0.387 e. The van der Waals surface area contributed by atoms with Crippen LogP contribution in [0.5, 0.6) is 5.75 Å². The molecule has 1 aliphatic rings. The minimum Gasteiger partial charge on any atom is -0.434 e. The van der Waals surface area contributed by atoms with Crippen LogP contribution in [0.15, 0.2) is 57.5 Å². The lowest BCUT2D eigenvalue weighted by molar-refractivity contribution is -0.0506. The summed E-state index contributed by atoms with van der Waals surface area (Å²) in [6, 6.07) is 12.0. The molecule has 0 aliphatic carbocycles. The molecular formula is C17H11Br2F2N5O. The summed E-state index contributed by atoms with van der Waals surface area (Å²) in [5.74, 6) is 0.469. The molecule has 27 heavy (non-hydrogen) atoms. The summed E-state index contributed by atoms with van der Waals surface area (Å²) >= 11 is 6.79. The number of tetrazole rings is 1. The average Bonchev–Trinajstić information content (AvgIpc) is 3.11. The zero-order valence-corrected chi connectivity index (χ0v) is 16.7. The van der Waals surface area contributed by atoms with Crippen molar-refractivity contribution in [3.8, 4) is 5.75 Å². The molecule has 0 fully saturated rings. The van der Waals surface area contributed by atoms with Crippen molar-refractivity contribution in [2.24, 2.45) is 0 Å². The maximum absolute atomic E-state index is 12.9. The number of anilines is 1. The van der Waals surface area contributed by atoms with Gasteiger partial charge in [-0.15, -0.1) is 0 Å². The molecule has 1 N–H and O–H groups in total. The molecule has 0 bridgehead atoms. The van der Waals surface area contributed by atoms with E-state index in [9.17, 15) is 8.78 Å². The number of alkyl halides is 2. The highest BCUT2D eigenvalue weighted by Gasteiger charge is 2.27. The molecule has 0 saturated heterocycles. The number of rotatable bonds is 4. The van der Waals surface area contributed by atoms with E-state index >= 15 is 0 Å². The van der Waals surface area contributed by atoms with Crippen LogP contribution in [-0.2, 0) is 0 Å². The summed E-state index contributed by atoms with van der Waals surface area (Å²) < 4.78 is 33.6. The van der Waals surface area contributed by atoms with Gasteiger partial charge >= 0.3 is 6.61 Å². The van der Waals surface area contributed by atoms with E-state index in [0.29, 0.717) is 11.5 Å². The predicted molar refractivity (Wildman–Crippen MR) is 102 cm³/mol. The van der Waals surface area contributed by atoms with Gasteiger partial charge in [0.05, 0.1) is 0 Å². The number of benzene rings is 2. The van der Waals surface area contributed by atoms with E-state index in [0.717, 1.165) is 20.2 Å². The van der Waals surface area contributed by atoms with Gasteiger partial charge in [0.1, 0.15) is 11.8 Å². The van der Waals surface area contributed by atoms with Crippen molar-refractivity contribution in [3.05, 3.63) is 68.6 Å². The fourth-order valence-electron chi connectivity index (χ4n) is 2.83. The summed E-state index contributed by atoms with van der Waals surface area (Å²) in [5.41, 5.74) is 2.18. The zero-order valence-electron chi connectivity index (χ0n) is 13.5. The molecule has 0 spiro atoms.